The van der Waals surface area contributed by atoms with Crippen LogP contribution >= 0.6 is 0 Å². The van der Waals surface area contributed by atoms with Gasteiger partial charge in [0.05, 0.1) is 11.9 Å². The van der Waals surface area contributed by atoms with Crippen LogP contribution < -0.4 is 10.2 Å². The Bertz CT molecular complexity index is 485. The average molecular weight is 243 g/mol. The Kier molecular flexibility index (Phi) is 3.23. The summed E-state index contributed by atoms with van der Waals surface area (Å²) in [7, 11) is 0. The van der Waals surface area contributed by atoms with Crippen molar-refractivity contribution in [3.05, 3.63) is 36.5 Å². The van der Waals surface area contributed by atoms with Gasteiger partial charge in [0.2, 0.25) is 0 Å². The van der Waals surface area contributed by atoms with Gasteiger partial charge < -0.3 is 10.2 Å². The zero-order valence-electron chi connectivity index (χ0n) is 10.3. The van der Waals surface area contributed by atoms with Crippen molar-refractivity contribution in [2.75, 3.05) is 31.1 Å². The van der Waals surface area contributed by atoms with Crippen molar-refractivity contribution < 1.29 is 0 Å². The third-order valence-electron chi connectivity index (χ3n) is 3.20. The molecule has 0 amide bonds. The van der Waals surface area contributed by atoms with Crippen LogP contribution in [0, 0.1) is 0 Å². The van der Waals surface area contributed by atoms with Crippen molar-refractivity contribution in [1.29, 1.82) is 0 Å². The number of para-hydroxylation sites is 1. The molecule has 1 fully saturated rings. The van der Waals surface area contributed by atoms with Crippen LogP contribution in [0.3, 0.4) is 0 Å². The fourth-order valence-corrected chi connectivity index (χ4v) is 2.27. The van der Waals surface area contributed by atoms with E-state index in [9.17, 15) is 0 Å². The van der Waals surface area contributed by atoms with Crippen LogP contribution in [0.25, 0.3) is 5.69 Å². The van der Waals surface area contributed by atoms with E-state index in [0.29, 0.717) is 0 Å². The van der Waals surface area contributed by atoms with Crippen LogP contribution in [0.2, 0.25) is 0 Å². The zero-order chi connectivity index (χ0) is 12.2. The Balaban J connectivity index is 1.91. The molecule has 2 aromatic rings. The molecule has 0 saturated carbocycles. The summed E-state index contributed by atoms with van der Waals surface area (Å²) in [5.41, 5.74) is 1.06. The maximum atomic E-state index is 4.20. The molecule has 0 aliphatic carbocycles. The molecule has 5 heteroatoms. The Morgan fingerprint density at radius 1 is 1.06 bits per heavy atom. The summed E-state index contributed by atoms with van der Waals surface area (Å²) in [6.07, 6.45) is 3.00. The molecular weight excluding hydrogens is 226 g/mol. The van der Waals surface area contributed by atoms with Crippen molar-refractivity contribution in [2.45, 2.75) is 6.42 Å². The van der Waals surface area contributed by atoms with E-state index in [1.54, 1.807) is 0 Å². The first-order valence-corrected chi connectivity index (χ1v) is 6.37. The van der Waals surface area contributed by atoms with E-state index < -0.39 is 0 Å². The molecule has 0 spiro atoms. The molecule has 1 aromatic carbocycles. The fraction of sp³-hybridized carbons (Fsp3) is 0.385. The number of hydrogen-bond acceptors (Lipinski definition) is 4. The van der Waals surface area contributed by atoms with E-state index in [2.05, 4.69) is 20.5 Å². The van der Waals surface area contributed by atoms with Gasteiger partial charge in [0.15, 0.2) is 5.82 Å². The zero-order valence-corrected chi connectivity index (χ0v) is 10.3. The van der Waals surface area contributed by atoms with Crippen LogP contribution in [-0.4, -0.2) is 41.2 Å². The van der Waals surface area contributed by atoms with E-state index in [4.69, 9.17) is 0 Å². The van der Waals surface area contributed by atoms with Gasteiger partial charge in [-0.05, 0) is 25.1 Å². The van der Waals surface area contributed by atoms with Crippen LogP contribution in [0.15, 0.2) is 36.5 Å². The van der Waals surface area contributed by atoms with Crippen molar-refractivity contribution in [3.63, 3.8) is 0 Å². The normalized spacial score (nSPS) is 16.6. The van der Waals surface area contributed by atoms with Crippen molar-refractivity contribution in [3.8, 4) is 5.69 Å². The fourth-order valence-electron chi connectivity index (χ4n) is 2.27. The number of nitrogens with zero attached hydrogens (tertiary/aromatic N) is 4. The van der Waals surface area contributed by atoms with E-state index in [1.165, 1.54) is 0 Å². The number of hydrogen-bond donors (Lipinski definition) is 1. The monoisotopic (exact) mass is 243 g/mol. The van der Waals surface area contributed by atoms with E-state index >= 15 is 0 Å². The van der Waals surface area contributed by atoms with Crippen molar-refractivity contribution in [2.24, 2.45) is 0 Å². The molecule has 2 heterocycles. The molecule has 0 bridgehead atoms. The van der Waals surface area contributed by atoms with Crippen molar-refractivity contribution in [1.82, 2.24) is 20.3 Å². The third kappa shape index (κ3) is 2.22. The average Bonchev–Trinajstić information content (AvgIpc) is 2.75. The molecule has 1 aromatic heterocycles. The summed E-state index contributed by atoms with van der Waals surface area (Å²) < 4.78 is 1.91. The molecule has 0 unspecified atom stereocenters. The first-order chi connectivity index (χ1) is 8.95. The minimum absolute atomic E-state index is 1.00. The lowest BCUT2D eigenvalue weighted by atomic mass is 10.3. The maximum absolute atomic E-state index is 4.20. The van der Waals surface area contributed by atoms with E-state index in [-0.39, 0.29) is 0 Å². The van der Waals surface area contributed by atoms with Gasteiger partial charge in [-0.3, -0.25) is 0 Å². The van der Waals surface area contributed by atoms with Gasteiger partial charge in [-0.15, -0.1) is 5.10 Å². The van der Waals surface area contributed by atoms with E-state index in [0.717, 1.165) is 44.1 Å². The van der Waals surface area contributed by atoms with E-state index in [1.807, 2.05) is 41.2 Å². The van der Waals surface area contributed by atoms with Gasteiger partial charge in [0.1, 0.15) is 0 Å². The molecule has 1 N–H and O–H groups in total. The summed E-state index contributed by atoms with van der Waals surface area (Å²) in [5, 5.41) is 11.7. The summed E-state index contributed by atoms with van der Waals surface area (Å²) in [4.78, 5) is 2.34. The molecule has 1 saturated heterocycles. The van der Waals surface area contributed by atoms with Crippen LogP contribution in [0.5, 0.6) is 0 Å². The molecule has 0 radical (unpaired) electrons. The molecule has 18 heavy (non-hydrogen) atoms. The number of anilines is 1. The Morgan fingerprint density at radius 3 is 2.83 bits per heavy atom. The number of benzene rings is 1. The second-order valence-corrected chi connectivity index (χ2v) is 4.43. The molecule has 3 rings (SSSR count). The summed E-state index contributed by atoms with van der Waals surface area (Å²) in [6, 6.07) is 10.1. The SMILES string of the molecule is c1ccc(-n2nncc2N2CCCNCC2)cc1. The summed E-state index contributed by atoms with van der Waals surface area (Å²) >= 11 is 0. The Labute approximate surface area is 106 Å². The minimum atomic E-state index is 1.00. The Morgan fingerprint density at radius 2 is 1.94 bits per heavy atom. The first-order valence-electron chi connectivity index (χ1n) is 6.37. The number of aromatic nitrogens is 3. The topological polar surface area (TPSA) is 46.0 Å². The molecule has 5 nitrogen and oxygen atoms in total. The minimum Gasteiger partial charge on any atom is -0.354 e. The maximum Gasteiger partial charge on any atom is 0.152 e. The van der Waals surface area contributed by atoms with Gasteiger partial charge in [0, 0.05) is 19.6 Å². The molecular formula is C13H17N5. The highest BCUT2D eigenvalue weighted by molar-refractivity contribution is 5.45. The summed E-state index contributed by atoms with van der Waals surface area (Å²) in [5.74, 6) is 1.07. The van der Waals surface area contributed by atoms with Crippen LogP contribution in [0.4, 0.5) is 5.82 Å². The van der Waals surface area contributed by atoms with Crippen LogP contribution in [-0.2, 0) is 0 Å². The lowest BCUT2D eigenvalue weighted by molar-refractivity contribution is 0.724. The second kappa shape index (κ2) is 5.18. The molecule has 0 atom stereocenters. The van der Waals surface area contributed by atoms with Gasteiger partial charge in [0.25, 0.3) is 0 Å². The number of nitrogens with one attached hydrogen (secondary N) is 1. The smallest absolute Gasteiger partial charge is 0.152 e. The lowest BCUT2D eigenvalue weighted by Gasteiger charge is -2.21. The van der Waals surface area contributed by atoms with Crippen LogP contribution in [0.1, 0.15) is 6.42 Å². The molecule has 94 valence electrons. The Hall–Kier alpha value is -1.88. The summed E-state index contributed by atoms with van der Waals surface area (Å²) in [6.45, 7) is 4.15. The lowest BCUT2D eigenvalue weighted by Crippen LogP contribution is -2.29. The quantitative estimate of drug-likeness (QED) is 0.857. The predicted octanol–water partition coefficient (Wildman–Crippen LogP) is 1.07. The van der Waals surface area contributed by atoms with Crippen molar-refractivity contribution >= 4 is 5.82 Å². The second-order valence-electron chi connectivity index (χ2n) is 4.43. The largest absolute Gasteiger partial charge is 0.354 e. The first kappa shape index (κ1) is 11.2. The predicted molar refractivity (Wildman–Crippen MR) is 71.1 cm³/mol. The van der Waals surface area contributed by atoms with Gasteiger partial charge >= 0.3 is 0 Å². The number of rotatable bonds is 2. The highest BCUT2D eigenvalue weighted by Crippen LogP contribution is 2.18. The van der Waals surface area contributed by atoms with Gasteiger partial charge in [-0.25, -0.2) is 0 Å². The molecule has 1 aliphatic rings. The highest BCUT2D eigenvalue weighted by Gasteiger charge is 2.15. The third-order valence-corrected chi connectivity index (χ3v) is 3.20. The van der Waals surface area contributed by atoms with Gasteiger partial charge in [-0.1, -0.05) is 23.4 Å². The highest BCUT2D eigenvalue weighted by atomic mass is 15.5. The van der Waals surface area contributed by atoms with Gasteiger partial charge in [-0.2, -0.15) is 4.68 Å². The standard InChI is InChI=1S/C13H17N5/c1-2-5-12(6-3-1)18-13(11-15-16-18)17-9-4-7-14-8-10-17/h1-3,5-6,11,14H,4,7-10H2. The molecule has 1 aliphatic heterocycles.